The predicted molar refractivity (Wildman–Crippen MR) is 77.6 cm³/mol. The van der Waals surface area contributed by atoms with Gasteiger partial charge >= 0.3 is 0 Å². The molecule has 0 spiro atoms. The first-order valence-electron chi connectivity index (χ1n) is 6.43. The summed E-state index contributed by atoms with van der Waals surface area (Å²) in [5.74, 6) is 0.864. The van der Waals surface area contributed by atoms with Crippen molar-refractivity contribution in [3.05, 3.63) is 66.5 Å². The molecule has 0 saturated heterocycles. The van der Waals surface area contributed by atoms with E-state index in [1.54, 1.807) is 13.3 Å². The van der Waals surface area contributed by atoms with Crippen molar-refractivity contribution in [1.82, 2.24) is 14.8 Å². The van der Waals surface area contributed by atoms with E-state index in [0.717, 1.165) is 23.7 Å². The lowest BCUT2D eigenvalue weighted by atomic mass is 10.2. The Morgan fingerprint density at radius 2 is 1.85 bits per heavy atom. The Labute approximate surface area is 117 Å². The molecule has 2 heterocycles. The molecule has 0 fully saturated rings. The average Bonchev–Trinajstić information content (AvgIpc) is 2.97. The second kappa shape index (κ2) is 5.57. The minimum absolute atomic E-state index is 0.733. The molecule has 0 N–H and O–H groups in total. The number of benzene rings is 1. The molecule has 3 aromatic rings. The SMILES string of the molecule is COc1ccc(Cn2ccc(-c3ccccn3)n2)cc1. The van der Waals surface area contributed by atoms with Crippen molar-refractivity contribution in [2.24, 2.45) is 0 Å². The third-order valence-electron chi connectivity index (χ3n) is 3.07. The summed E-state index contributed by atoms with van der Waals surface area (Å²) in [6.45, 7) is 0.733. The average molecular weight is 265 g/mol. The fraction of sp³-hybridized carbons (Fsp3) is 0.125. The van der Waals surface area contributed by atoms with Crippen LogP contribution in [-0.4, -0.2) is 21.9 Å². The first kappa shape index (κ1) is 12.4. The molecule has 0 aliphatic heterocycles. The molecule has 0 bridgehead atoms. The van der Waals surface area contributed by atoms with E-state index in [-0.39, 0.29) is 0 Å². The maximum atomic E-state index is 5.15. The highest BCUT2D eigenvalue weighted by atomic mass is 16.5. The van der Waals surface area contributed by atoms with Gasteiger partial charge in [-0.2, -0.15) is 5.10 Å². The number of hydrogen-bond acceptors (Lipinski definition) is 3. The zero-order chi connectivity index (χ0) is 13.8. The van der Waals surface area contributed by atoms with Crippen LogP contribution in [0.2, 0.25) is 0 Å². The van der Waals surface area contributed by atoms with Gasteiger partial charge in [-0.15, -0.1) is 0 Å². The molecule has 0 amide bonds. The van der Waals surface area contributed by atoms with Crippen molar-refractivity contribution in [3.8, 4) is 17.1 Å². The van der Waals surface area contributed by atoms with Gasteiger partial charge in [-0.1, -0.05) is 18.2 Å². The van der Waals surface area contributed by atoms with Gasteiger partial charge in [-0.3, -0.25) is 9.67 Å². The highest BCUT2D eigenvalue weighted by Crippen LogP contribution is 2.15. The van der Waals surface area contributed by atoms with Gasteiger partial charge in [-0.25, -0.2) is 0 Å². The number of ether oxygens (including phenoxy) is 1. The summed E-state index contributed by atoms with van der Waals surface area (Å²) in [7, 11) is 1.67. The van der Waals surface area contributed by atoms with Crippen LogP contribution < -0.4 is 4.74 Å². The number of rotatable bonds is 4. The van der Waals surface area contributed by atoms with Gasteiger partial charge in [0.15, 0.2) is 0 Å². The minimum atomic E-state index is 0.733. The lowest BCUT2D eigenvalue weighted by Gasteiger charge is -2.04. The summed E-state index contributed by atoms with van der Waals surface area (Å²) in [6, 6.07) is 15.8. The van der Waals surface area contributed by atoms with Crippen LogP contribution in [0.5, 0.6) is 5.75 Å². The van der Waals surface area contributed by atoms with Gasteiger partial charge in [0, 0.05) is 12.4 Å². The standard InChI is InChI=1S/C16H15N3O/c1-20-14-7-5-13(6-8-14)12-19-11-9-16(18-19)15-4-2-3-10-17-15/h2-11H,12H2,1H3. The Bertz CT molecular complexity index is 674. The maximum absolute atomic E-state index is 5.15. The number of nitrogens with zero attached hydrogens (tertiary/aromatic N) is 3. The molecule has 20 heavy (non-hydrogen) atoms. The highest BCUT2D eigenvalue weighted by Gasteiger charge is 2.03. The first-order chi connectivity index (χ1) is 9.85. The minimum Gasteiger partial charge on any atom is -0.497 e. The number of aromatic nitrogens is 3. The third kappa shape index (κ3) is 2.69. The zero-order valence-corrected chi connectivity index (χ0v) is 11.2. The van der Waals surface area contributed by atoms with E-state index in [4.69, 9.17) is 4.74 Å². The van der Waals surface area contributed by atoms with Gasteiger partial charge < -0.3 is 4.74 Å². The Morgan fingerprint density at radius 1 is 1.00 bits per heavy atom. The van der Waals surface area contributed by atoms with Crippen LogP contribution in [0.15, 0.2) is 60.9 Å². The summed E-state index contributed by atoms with van der Waals surface area (Å²) >= 11 is 0. The van der Waals surface area contributed by atoms with Gasteiger partial charge in [0.25, 0.3) is 0 Å². The lowest BCUT2D eigenvalue weighted by Crippen LogP contribution is -2.00. The molecule has 0 saturated carbocycles. The monoisotopic (exact) mass is 265 g/mol. The van der Waals surface area contributed by atoms with Crippen LogP contribution in [-0.2, 0) is 6.54 Å². The Balaban J connectivity index is 1.77. The van der Waals surface area contributed by atoms with Gasteiger partial charge in [0.2, 0.25) is 0 Å². The van der Waals surface area contributed by atoms with Gasteiger partial charge in [0.05, 0.1) is 19.3 Å². The van der Waals surface area contributed by atoms with Gasteiger partial charge in [0.1, 0.15) is 11.4 Å². The van der Waals surface area contributed by atoms with Crippen molar-refractivity contribution in [3.63, 3.8) is 0 Å². The molecule has 2 aromatic heterocycles. The molecule has 100 valence electrons. The molecular formula is C16H15N3O. The molecule has 3 rings (SSSR count). The zero-order valence-electron chi connectivity index (χ0n) is 11.2. The fourth-order valence-electron chi connectivity index (χ4n) is 2.02. The van der Waals surface area contributed by atoms with Crippen LogP contribution in [0.4, 0.5) is 0 Å². The Kier molecular flexibility index (Phi) is 3.46. The molecule has 0 radical (unpaired) electrons. The fourth-order valence-corrected chi connectivity index (χ4v) is 2.02. The van der Waals surface area contributed by atoms with E-state index in [0.29, 0.717) is 0 Å². The predicted octanol–water partition coefficient (Wildman–Crippen LogP) is 3.00. The first-order valence-corrected chi connectivity index (χ1v) is 6.43. The van der Waals surface area contributed by atoms with Crippen LogP contribution >= 0.6 is 0 Å². The van der Waals surface area contributed by atoms with E-state index >= 15 is 0 Å². The van der Waals surface area contributed by atoms with Crippen molar-refractivity contribution < 1.29 is 4.74 Å². The second-order valence-corrected chi connectivity index (χ2v) is 4.46. The molecule has 0 aliphatic carbocycles. The van der Waals surface area contributed by atoms with E-state index in [2.05, 4.69) is 10.1 Å². The molecule has 0 unspecified atom stereocenters. The van der Waals surface area contributed by atoms with Crippen LogP contribution in [0.25, 0.3) is 11.4 Å². The van der Waals surface area contributed by atoms with Crippen molar-refractivity contribution in [2.75, 3.05) is 7.11 Å². The molecule has 0 aliphatic rings. The van der Waals surface area contributed by atoms with Crippen molar-refractivity contribution in [2.45, 2.75) is 6.54 Å². The maximum Gasteiger partial charge on any atom is 0.118 e. The number of pyridine rings is 1. The normalized spacial score (nSPS) is 10.4. The highest BCUT2D eigenvalue weighted by molar-refractivity contribution is 5.52. The summed E-state index contributed by atoms with van der Waals surface area (Å²) < 4.78 is 7.06. The molecule has 4 heteroatoms. The second-order valence-electron chi connectivity index (χ2n) is 4.46. The summed E-state index contributed by atoms with van der Waals surface area (Å²) in [5, 5.41) is 4.54. The van der Waals surface area contributed by atoms with Crippen LogP contribution in [0.1, 0.15) is 5.56 Å². The molecule has 1 aromatic carbocycles. The number of hydrogen-bond donors (Lipinski definition) is 0. The summed E-state index contributed by atoms with van der Waals surface area (Å²) in [5.41, 5.74) is 2.96. The number of methoxy groups -OCH3 is 1. The summed E-state index contributed by atoms with van der Waals surface area (Å²) in [4.78, 5) is 4.30. The largest absolute Gasteiger partial charge is 0.497 e. The van der Waals surface area contributed by atoms with E-state index in [9.17, 15) is 0 Å². The quantitative estimate of drug-likeness (QED) is 0.728. The van der Waals surface area contributed by atoms with Gasteiger partial charge in [-0.05, 0) is 35.9 Å². The van der Waals surface area contributed by atoms with Crippen molar-refractivity contribution >= 4 is 0 Å². The van der Waals surface area contributed by atoms with Crippen LogP contribution in [0, 0.1) is 0 Å². The topological polar surface area (TPSA) is 39.9 Å². The molecular weight excluding hydrogens is 250 g/mol. The third-order valence-corrected chi connectivity index (χ3v) is 3.07. The van der Waals surface area contributed by atoms with Crippen molar-refractivity contribution in [1.29, 1.82) is 0 Å². The lowest BCUT2D eigenvalue weighted by molar-refractivity contribution is 0.414. The van der Waals surface area contributed by atoms with E-state index in [1.165, 1.54) is 5.56 Å². The summed E-state index contributed by atoms with van der Waals surface area (Å²) in [6.07, 6.45) is 3.74. The van der Waals surface area contributed by atoms with E-state index in [1.807, 2.05) is 59.4 Å². The Morgan fingerprint density at radius 3 is 2.55 bits per heavy atom. The van der Waals surface area contributed by atoms with E-state index < -0.39 is 0 Å². The molecule has 0 atom stereocenters. The van der Waals surface area contributed by atoms with Crippen LogP contribution in [0.3, 0.4) is 0 Å². The smallest absolute Gasteiger partial charge is 0.118 e. The molecule has 4 nitrogen and oxygen atoms in total. The Hall–Kier alpha value is -2.62.